The molecule has 1 heterocycles. The summed E-state index contributed by atoms with van der Waals surface area (Å²) >= 11 is 0. The van der Waals surface area contributed by atoms with Gasteiger partial charge in [-0.1, -0.05) is 42.0 Å². The first-order valence-corrected chi connectivity index (χ1v) is 7.78. The van der Waals surface area contributed by atoms with E-state index in [1.165, 1.54) is 0 Å². The fourth-order valence-corrected chi connectivity index (χ4v) is 2.28. The Hall–Kier alpha value is -3.20. The molecule has 3 heteroatoms. The fraction of sp³-hybridized carbons (Fsp3) is 0.0476. The van der Waals surface area contributed by atoms with Crippen molar-refractivity contribution in [2.45, 2.75) is 6.92 Å². The van der Waals surface area contributed by atoms with Gasteiger partial charge in [0.15, 0.2) is 0 Å². The molecule has 3 aromatic rings. The van der Waals surface area contributed by atoms with Crippen molar-refractivity contribution in [1.82, 2.24) is 4.98 Å². The van der Waals surface area contributed by atoms with E-state index in [0.29, 0.717) is 5.56 Å². The van der Waals surface area contributed by atoms with Crippen molar-refractivity contribution in [3.8, 4) is 0 Å². The number of carbonyl (C=O) groups excluding carboxylic acids is 1. The summed E-state index contributed by atoms with van der Waals surface area (Å²) in [6.07, 6.45) is 5.68. The van der Waals surface area contributed by atoms with E-state index in [9.17, 15) is 4.79 Å². The van der Waals surface area contributed by atoms with Gasteiger partial charge in [-0.3, -0.25) is 9.78 Å². The summed E-state index contributed by atoms with van der Waals surface area (Å²) in [5.41, 5.74) is 4.45. The molecule has 0 aliphatic carbocycles. The number of nitrogens with one attached hydrogen (secondary N) is 1. The number of aromatic nitrogens is 1. The molecule has 0 bridgehead atoms. The van der Waals surface area contributed by atoms with Crippen molar-refractivity contribution >= 4 is 23.7 Å². The van der Waals surface area contributed by atoms with Crippen LogP contribution in [0.3, 0.4) is 0 Å². The highest BCUT2D eigenvalue weighted by molar-refractivity contribution is 6.04. The Bertz CT molecular complexity index is 853. The van der Waals surface area contributed by atoms with Gasteiger partial charge in [-0.05, 0) is 55.0 Å². The highest BCUT2D eigenvalue weighted by Crippen LogP contribution is 2.15. The molecule has 0 atom stereocenters. The van der Waals surface area contributed by atoms with Crippen LogP contribution in [0.2, 0.25) is 0 Å². The topological polar surface area (TPSA) is 42.0 Å². The molecular weight excluding hydrogens is 296 g/mol. The zero-order valence-electron chi connectivity index (χ0n) is 13.4. The number of rotatable bonds is 4. The largest absolute Gasteiger partial charge is 0.322 e. The Morgan fingerprint density at radius 1 is 0.958 bits per heavy atom. The zero-order valence-corrected chi connectivity index (χ0v) is 13.4. The molecule has 1 amide bonds. The highest BCUT2D eigenvalue weighted by atomic mass is 16.1. The summed E-state index contributed by atoms with van der Waals surface area (Å²) < 4.78 is 0. The number of aryl methyl sites for hydroxylation is 1. The van der Waals surface area contributed by atoms with Crippen molar-refractivity contribution < 1.29 is 4.79 Å². The van der Waals surface area contributed by atoms with Gasteiger partial charge in [0.2, 0.25) is 0 Å². The van der Waals surface area contributed by atoms with Gasteiger partial charge < -0.3 is 5.32 Å². The molecule has 0 radical (unpaired) electrons. The molecule has 0 saturated carbocycles. The van der Waals surface area contributed by atoms with E-state index >= 15 is 0 Å². The molecule has 0 unspecified atom stereocenters. The van der Waals surface area contributed by atoms with Crippen molar-refractivity contribution in [2.24, 2.45) is 0 Å². The molecule has 118 valence electrons. The number of hydrogen-bond acceptors (Lipinski definition) is 2. The number of anilines is 1. The van der Waals surface area contributed by atoms with Gasteiger partial charge in [0.1, 0.15) is 0 Å². The molecule has 0 spiro atoms. The first-order valence-electron chi connectivity index (χ1n) is 7.78. The number of amides is 1. The minimum atomic E-state index is -0.110. The second kappa shape index (κ2) is 7.38. The van der Waals surface area contributed by atoms with Crippen LogP contribution in [-0.2, 0) is 0 Å². The van der Waals surface area contributed by atoms with Gasteiger partial charge in [0, 0.05) is 17.4 Å². The quantitative estimate of drug-likeness (QED) is 0.750. The van der Waals surface area contributed by atoms with Gasteiger partial charge in [-0.2, -0.15) is 0 Å². The lowest BCUT2D eigenvalue weighted by Crippen LogP contribution is -2.11. The molecule has 0 saturated heterocycles. The third kappa shape index (κ3) is 4.17. The van der Waals surface area contributed by atoms with Gasteiger partial charge in [-0.25, -0.2) is 0 Å². The molecular formula is C21H18N2O. The second-order valence-electron chi connectivity index (χ2n) is 5.53. The lowest BCUT2D eigenvalue weighted by atomic mass is 10.1. The molecule has 1 aromatic heterocycles. The van der Waals surface area contributed by atoms with Gasteiger partial charge in [-0.15, -0.1) is 0 Å². The molecule has 2 aromatic carbocycles. The minimum Gasteiger partial charge on any atom is -0.322 e. The Kier molecular flexibility index (Phi) is 4.82. The standard InChI is InChI=1S/C21H18N2O/c1-16-8-11-18(12-9-16)21(24)23-20-7-4-5-17(15-20)10-13-19-6-2-3-14-22-19/h2-15H,1H3,(H,23,24)/b13-10+. The van der Waals surface area contributed by atoms with E-state index < -0.39 is 0 Å². The highest BCUT2D eigenvalue weighted by Gasteiger charge is 2.05. The molecule has 0 fully saturated rings. The number of nitrogens with zero attached hydrogens (tertiary/aromatic N) is 1. The van der Waals surface area contributed by atoms with Crippen LogP contribution in [0.15, 0.2) is 72.9 Å². The predicted octanol–water partition coefficient (Wildman–Crippen LogP) is 4.81. The summed E-state index contributed by atoms with van der Waals surface area (Å²) in [7, 11) is 0. The average Bonchev–Trinajstić information content (AvgIpc) is 2.62. The summed E-state index contributed by atoms with van der Waals surface area (Å²) in [4.78, 5) is 16.5. The maximum atomic E-state index is 12.3. The van der Waals surface area contributed by atoms with Gasteiger partial charge in [0.25, 0.3) is 5.91 Å². The smallest absolute Gasteiger partial charge is 0.255 e. The van der Waals surface area contributed by atoms with E-state index in [2.05, 4.69) is 10.3 Å². The van der Waals surface area contributed by atoms with Crippen molar-refractivity contribution in [1.29, 1.82) is 0 Å². The number of benzene rings is 2. The summed E-state index contributed by atoms with van der Waals surface area (Å²) in [5.74, 6) is -0.110. The molecule has 3 rings (SSSR count). The first kappa shape index (κ1) is 15.7. The third-order valence-corrected chi connectivity index (χ3v) is 3.59. The molecule has 0 aliphatic rings. The van der Waals surface area contributed by atoms with Crippen LogP contribution < -0.4 is 5.32 Å². The summed E-state index contributed by atoms with van der Waals surface area (Å²) in [5, 5.41) is 2.93. The van der Waals surface area contributed by atoms with E-state index in [1.54, 1.807) is 6.20 Å². The first-order chi connectivity index (χ1) is 11.7. The van der Waals surface area contributed by atoms with E-state index in [4.69, 9.17) is 0 Å². The van der Waals surface area contributed by atoms with Crippen LogP contribution in [-0.4, -0.2) is 10.9 Å². The van der Waals surface area contributed by atoms with Crippen LogP contribution in [0.25, 0.3) is 12.2 Å². The van der Waals surface area contributed by atoms with Crippen LogP contribution in [0.4, 0.5) is 5.69 Å². The van der Waals surface area contributed by atoms with E-state index in [1.807, 2.05) is 85.8 Å². The fourth-order valence-electron chi connectivity index (χ4n) is 2.28. The lowest BCUT2D eigenvalue weighted by molar-refractivity contribution is 0.102. The SMILES string of the molecule is Cc1ccc(C(=O)Nc2cccc(/C=C/c3ccccn3)c2)cc1. The Balaban J connectivity index is 1.72. The molecule has 3 nitrogen and oxygen atoms in total. The van der Waals surface area contributed by atoms with Gasteiger partial charge in [0.05, 0.1) is 5.69 Å². The number of pyridine rings is 1. The summed E-state index contributed by atoms with van der Waals surface area (Å²) in [6.45, 7) is 2.00. The van der Waals surface area contributed by atoms with Crippen LogP contribution in [0, 0.1) is 6.92 Å². The Morgan fingerprint density at radius 2 is 1.79 bits per heavy atom. The molecule has 1 N–H and O–H groups in total. The van der Waals surface area contributed by atoms with Gasteiger partial charge >= 0.3 is 0 Å². The Morgan fingerprint density at radius 3 is 2.54 bits per heavy atom. The van der Waals surface area contributed by atoms with Crippen LogP contribution >= 0.6 is 0 Å². The predicted molar refractivity (Wildman–Crippen MR) is 98.7 cm³/mol. The van der Waals surface area contributed by atoms with Crippen LogP contribution in [0.1, 0.15) is 27.2 Å². The molecule has 24 heavy (non-hydrogen) atoms. The minimum absolute atomic E-state index is 0.110. The third-order valence-electron chi connectivity index (χ3n) is 3.59. The summed E-state index contributed by atoms with van der Waals surface area (Å²) in [6, 6.07) is 21.0. The van der Waals surface area contributed by atoms with Crippen molar-refractivity contribution in [3.63, 3.8) is 0 Å². The van der Waals surface area contributed by atoms with Crippen LogP contribution in [0.5, 0.6) is 0 Å². The maximum absolute atomic E-state index is 12.3. The average molecular weight is 314 g/mol. The number of hydrogen-bond donors (Lipinski definition) is 1. The van der Waals surface area contributed by atoms with Crippen molar-refractivity contribution in [3.05, 3.63) is 95.3 Å². The molecule has 0 aliphatic heterocycles. The Labute approximate surface area is 141 Å². The van der Waals surface area contributed by atoms with E-state index in [0.717, 1.165) is 22.5 Å². The van der Waals surface area contributed by atoms with Crippen molar-refractivity contribution in [2.75, 3.05) is 5.32 Å². The zero-order chi connectivity index (χ0) is 16.8. The monoisotopic (exact) mass is 314 g/mol. The lowest BCUT2D eigenvalue weighted by Gasteiger charge is -2.06. The normalized spacial score (nSPS) is 10.7. The maximum Gasteiger partial charge on any atom is 0.255 e. The number of carbonyl (C=O) groups is 1. The van der Waals surface area contributed by atoms with E-state index in [-0.39, 0.29) is 5.91 Å². The second-order valence-corrected chi connectivity index (χ2v) is 5.53.